The van der Waals surface area contributed by atoms with Gasteiger partial charge in [-0.25, -0.2) is 4.99 Å². The molecule has 3 nitrogen and oxygen atoms in total. The first-order valence-electron chi connectivity index (χ1n) is 4.53. The topological polar surface area (TPSA) is 47.6 Å². The molecule has 0 unspecified atom stereocenters. The van der Waals surface area contributed by atoms with Crippen LogP contribution in [0.2, 0.25) is 0 Å². The molecule has 3 heteroatoms. The van der Waals surface area contributed by atoms with Crippen LogP contribution in [0.5, 0.6) is 0 Å². The lowest BCUT2D eigenvalue weighted by Gasteiger charge is -2.07. The van der Waals surface area contributed by atoms with Gasteiger partial charge in [0.25, 0.3) is 0 Å². The lowest BCUT2D eigenvalue weighted by atomic mass is 10.2. The van der Waals surface area contributed by atoms with E-state index in [9.17, 15) is 0 Å². The minimum absolute atomic E-state index is 0.251. The lowest BCUT2D eigenvalue weighted by Crippen LogP contribution is -2.01. The van der Waals surface area contributed by atoms with E-state index in [0.717, 1.165) is 5.56 Å². The predicted octanol–water partition coefficient (Wildman–Crippen LogP) is 2.22. The van der Waals surface area contributed by atoms with Crippen LogP contribution in [0, 0.1) is 0 Å². The quantitative estimate of drug-likeness (QED) is 0.452. The van der Waals surface area contributed by atoms with Crippen LogP contribution in [0.25, 0.3) is 0 Å². The van der Waals surface area contributed by atoms with Crippen molar-refractivity contribution in [1.82, 2.24) is 0 Å². The van der Waals surface area contributed by atoms with Crippen molar-refractivity contribution in [2.75, 3.05) is 0 Å². The molecule has 0 spiro atoms. The van der Waals surface area contributed by atoms with Crippen LogP contribution in [0.3, 0.4) is 0 Å². The molecule has 1 aromatic carbocycles. The Balaban J connectivity index is 2.64. The van der Waals surface area contributed by atoms with Crippen LogP contribution >= 0.6 is 0 Å². The third-order valence-electron chi connectivity index (χ3n) is 1.85. The zero-order valence-electron chi connectivity index (χ0n) is 8.52. The normalized spacial score (nSPS) is 11.5. The van der Waals surface area contributed by atoms with Gasteiger partial charge < -0.3 is 10.5 Å². The van der Waals surface area contributed by atoms with Crippen molar-refractivity contribution in [2.24, 2.45) is 10.7 Å². The molecule has 15 heavy (non-hydrogen) atoms. The summed E-state index contributed by atoms with van der Waals surface area (Å²) in [6, 6.07) is 9.79. The van der Waals surface area contributed by atoms with Gasteiger partial charge >= 0.3 is 0 Å². The van der Waals surface area contributed by atoms with Crippen molar-refractivity contribution in [2.45, 2.75) is 6.61 Å². The number of aliphatic imine (C=N–C) groups is 1. The molecule has 0 amide bonds. The van der Waals surface area contributed by atoms with E-state index in [0.29, 0.717) is 12.4 Å². The molecule has 2 N–H and O–H groups in total. The maximum atomic E-state index is 5.55. The van der Waals surface area contributed by atoms with E-state index in [4.69, 9.17) is 10.5 Å². The zero-order chi connectivity index (χ0) is 11.1. The van der Waals surface area contributed by atoms with Crippen LogP contribution < -0.4 is 5.73 Å². The van der Waals surface area contributed by atoms with Gasteiger partial charge in [-0.3, -0.25) is 0 Å². The Hall–Kier alpha value is -2.03. The fraction of sp³-hybridized carbons (Fsp3) is 0.0833. The molecule has 0 radical (unpaired) electrons. The summed E-state index contributed by atoms with van der Waals surface area (Å²) in [5.74, 6) is 0.704. The number of rotatable bonds is 5. The van der Waals surface area contributed by atoms with Crippen molar-refractivity contribution in [3.05, 3.63) is 60.1 Å². The molecule has 0 atom stereocenters. The summed E-state index contributed by atoms with van der Waals surface area (Å²) >= 11 is 0. The van der Waals surface area contributed by atoms with E-state index >= 15 is 0 Å². The van der Waals surface area contributed by atoms with Gasteiger partial charge in [0.05, 0.1) is 0 Å². The summed E-state index contributed by atoms with van der Waals surface area (Å²) in [7, 11) is 0. The van der Waals surface area contributed by atoms with Crippen molar-refractivity contribution in [1.29, 1.82) is 0 Å². The maximum Gasteiger partial charge on any atom is 0.165 e. The van der Waals surface area contributed by atoms with E-state index < -0.39 is 0 Å². The molecule has 0 aliphatic heterocycles. The number of nitrogens with two attached hydrogens (primary N) is 1. The lowest BCUT2D eigenvalue weighted by molar-refractivity contribution is 0.207. The number of benzene rings is 1. The number of hydrogen-bond donors (Lipinski definition) is 1. The SMILES string of the molecule is C=C/C(OCc1ccccc1)=C(/N)N=C. The van der Waals surface area contributed by atoms with Gasteiger partial charge in [0.2, 0.25) is 0 Å². The highest BCUT2D eigenvalue weighted by Crippen LogP contribution is 2.08. The molecule has 78 valence electrons. The van der Waals surface area contributed by atoms with Gasteiger partial charge in [0.1, 0.15) is 6.61 Å². The molecule has 0 heterocycles. The fourth-order valence-electron chi connectivity index (χ4n) is 1.05. The van der Waals surface area contributed by atoms with Crippen LogP contribution in [0.15, 0.2) is 59.6 Å². The number of nitrogens with zero attached hydrogens (tertiary/aromatic N) is 1. The van der Waals surface area contributed by atoms with Crippen LogP contribution in [-0.4, -0.2) is 6.72 Å². The van der Waals surface area contributed by atoms with Crippen molar-refractivity contribution in [3.63, 3.8) is 0 Å². The summed E-state index contributed by atoms with van der Waals surface area (Å²) in [5, 5.41) is 0. The van der Waals surface area contributed by atoms with E-state index in [1.165, 1.54) is 6.08 Å². The Bertz CT molecular complexity index is 368. The molecule has 0 bridgehead atoms. The van der Waals surface area contributed by atoms with Crippen LogP contribution in [-0.2, 0) is 11.3 Å². The van der Waals surface area contributed by atoms with Gasteiger partial charge in [0.15, 0.2) is 11.6 Å². The fourth-order valence-corrected chi connectivity index (χ4v) is 1.05. The van der Waals surface area contributed by atoms with Gasteiger partial charge in [0, 0.05) is 0 Å². The van der Waals surface area contributed by atoms with Crippen LogP contribution in [0.4, 0.5) is 0 Å². The highest BCUT2D eigenvalue weighted by atomic mass is 16.5. The Morgan fingerprint density at radius 2 is 2.07 bits per heavy atom. The second-order valence-electron chi connectivity index (χ2n) is 2.89. The maximum absolute atomic E-state index is 5.55. The zero-order valence-corrected chi connectivity index (χ0v) is 8.52. The minimum atomic E-state index is 0.251. The van der Waals surface area contributed by atoms with Gasteiger partial charge in [-0.05, 0) is 18.4 Å². The molecule has 0 aromatic heterocycles. The molecular weight excluding hydrogens is 188 g/mol. The second kappa shape index (κ2) is 5.65. The Morgan fingerprint density at radius 3 is 2.60 bits per heavy atom. The third-order valence-corrected chi connectivity index (χ3v) is 1.85. The van der Waals surface area contributed by atoms with Gasteiger partial charge in [-0.15, -0.1) is 0 Å². The molecule has 0 aliphatic rings. The molecule has 1 aromatic rings. The van der Waals surface area contributed by atoms with Gasteiger partial charge in [-0.1, -0.05) is 36.9 Å². The second-order valence-corrected chi connectivity index (χ2v) is 2.89. The summed E-state index contributed by atoms with van der Waals surface area (Å²) in [5.41, 5.74) is 6.61. The standard InChI is InChI=1S/C12H14N2O/c1-3-11(12(13)14-2)15-9-10-7-5-4-6-8-10/h3-8H,1-2,9,13H2/b12-11+. The highest BCUT2D eigenvalue weighted by molar-refractivity contribution is 5.30. The monoisotopic (exact) mass is 202 g/mol. The summed E-state index contributed by atoms with van der Waals surface area (Å²) < 4.78 is 5.43. The van der Waals surface area contributed by atoms with Crippen molar-refractivity contribution >= 4 is 6.72 Å². The Morgan fingerprint density at radius 1 is 1.40 bits per heavy atom. The Kier molecular flexibility index (Phi) is 4.16. The van der Waals surface area contributed by atoms with E-state index in [2.05, 4.69) is 18.3 Å². The first-order valence-corrected chi connectivity index (χ1v) is 4.53. The average Bonchev–Trinajstić information content (AvgIpc) is 2.31. The molecule has 0 fully saturated rings. The third kappa shape index (κ3) is 3.31. The number of hydrogen-bond acceptors (Lipinski definition) is 3. The smallest absolute Gasteiger partial charge is 0.165 e. The van der Waals surface area contributed by atoms with Crippen molar-refractivity contribution < 1.29 is 4.74 Å². The highest BCUT2D eigenvalue weighted by Gasteiger charge is 1.99. The van der Waals surface area contributed by atoms with E-state index in [1.54, 1.807) is 0 Å². The molecule has 0 saturated carbocycles. The molecule has 1 rings (SSSR count). The van der Waals surface area contributed by atoms with Crippen molar-refractivity contribution in [3.8, 4) is 0 Å². The average molecular weight is 202 g/mol. The molecule has 0 aliphatic carbocycles. The Labute approximate surface area is 89.6 Å². The first kappa shape index (κ1) is 11.0. The first-order chi connectivity index (χ1) is 7.27. The van der Waals surface area contributed by atoms with Gasteiger partial charge in [-0.2, -0.15) is 0 Å². The van der Waals surface area contributed by atoms with E-state index in [1.807, 2.05) is 30.3 Å². The van der Waals surface area contributed by atoms with E-state index in [-0.39, 0.29) is 5.82 Å². The predicted molar refractivity (Wildman–Crippen MR) is 62.2 cm³/mol. The van der Waals surface area contributed by atoms with Crippen LogP contribution in [0.1, 0.15) is 5.56 Å². The molecule has 0 saturated heterocycles. The summed E-state index contributed by atoms with van der Waals surface area (Å²) in [6.07, 6.45) is 1.52. The number of allylic oxidation sites excluding steroid dienone is 1. The molecular formula is C12H14N2O. The largest absolute Gasteiger partial charge is 0.485 e. The summed E-state index contributed by atoms with van der Waals surface area (Å²) in [4.78, 5) is 3.58. The minimum Gasteiger partial charge on any atom is -0.485 e. The number of ether oxygens (including phenoxy) is 1. The summed E-state index contributed by atoms with van der Waals surface area (Å²) in [6.45, 7) is 7.36.